The van der Waals surface area contributed by atoms with Gasteiger partial charge in [0.15, 0.2) is 0 Å². The molecule has 2 rings (SSSR count). The predicted octanol–water partition coefficient (Wildman–Crippen LogP) is 6.09. The normalized spacial score (nSPS) is 25.7. The molecule has 2 heteroatoms. The van der Waals surface area contributed by atoms with Gasteiger partial charge in [0.1, 0.15) is 0 Å². The van der Waals surface area contributed by atoms with Crippen molar-refractivity contribution in [2.24, 2.45) is 22.6 Å². The Hall–Kier alpha value is -0.395. The van der Waals surface area contributed by atoms with E-state index in [9.17, 15) is 0 Å². The second-order valence-electron chi connectivity index (χ2n) is 6.86. The number of rotatable bonds is 10. The van der Waals surface area contributed by atoms with Crippen molar-refractivity contribution in [2.45, 2.75) is 84.5 Å². The van der Waals surface area contributed by atoms with Crippen molar-refractivity contribution in [3.05, 3.63) is 12.2 Å². The van der Waals surface area contributed by atoms with Crippen molar-refractivity contribution in [2.75, 3.05) is 6.54 Å². The summed E-state index contributed by atoms with van der Waals surface area (Å²) in [5.74, 6) is 3.01. The number of hydrogen-bond acceptors (Lipinski definition) is 1. The van der Waals surface area contributed by atoms with Crippen LogP contribution in [0.1, 0.15) is 84.5 Å². The minimum absolute atomic E-state index is 0.833. The topological polar surface area (TPSA) is 12.4 Å². The second kappa shape index (κ2) is 12.2. The van der Waals surface area contributed by atoms with Crippen LogP contribution in [0.25, 0.3) is 0 Å². The molecule has 0 aromatic rings. The van der Waals surface area contributed by atoms with Crippen LogP contribution in [-0.4, -0.2) is 14.2 Å². The van der Waals surface area contributed by atoms with Crippen LogP contribution in [0, 0.1) is 17.8 Å². The van der Waals surface area contributed by atoms with Gasteiger partial charge in [-0.1, -0.05) is 44.8 Å². The van der Waals surface area contributed by atoms with Gasteiger partial charge in [-0.3, -0.25) is 0 Å². The monoisotopic (exact) mass is 288 g/mol. The molecule has 3 unspecified atom stereocenters. The summed E-state index contributed by atoms with van der Waals surface area (Å²) in [5.41, 5.74) is 0. The van der Waals surface area contributed by atoms with E-state index in [0.717, 1.165) is 30.7 Å². The molecule has 2 bridgehead atoms. The van der Waals surface area contributed by atoms with Gasteiger partial charge in [0.05, 0.1) is 0 Å². The predicted molar refractivity (Wildman–Crippen MR) is 94.8 cm³/mol. The molecule has 0 aromatic heterocycles. The molecule has 2 aliphatic rings. The molecule has 0 heterocycles. The van der Waals surface area contributed by atoms with Crippen LogP contribution in [0.3, 0.4) is 0 Å². The summed E-state index contributed by atoms with van der Waals surface area (Å²) in [7, 11) is 4.94. The van der Waals surface area contributed by atoms with Gasteiger partial charge in [-0.15, -0.1) is 0 Å². The van der Waals surface area contributed by atoms with Crippen molar-refractivity contribution in [1.29, 1.82) is 0 Å². The van der Waals surface area contributed by atoms with Gasteiger partial charge in [0, 0.05) is 0 Å². The summed E-state index contributed by atoms with van der Waals surface area (Å²) >= 11 is 0. The summed E-state index contributed by atoms with van der Waals surface area (Å²) < 4.78 is 0. The molecule has 119 valence electrons. The molecule has 0 aromatic carbocycles. The Kier molecular flexibility index (Phi) is 10.8. The van der Waals surface area contributed by atoms with Crippen LogP contribution in [-0.2, 0) is 0 Å². The van der Waals surface area contributed by atoms with Crippen LogP contribution in [0.2, 0.25) is 0 Å². The fraction of sp³-hybridized carbons (Fsp3) is 0.895. The van der Waals surface area contributed by atoms with Crippen LogP contribution in [0.15, 0.2) is 17.0 Å². The number of allylic oxidation sites excluding steroid dienone is 2. The van der Waals surface area contributed by atoms with E-state index in [4.69, 9.17) is 7.64 Å². The first-order chi connectivity index (χ1) is 10.3. The Morgan fingerprint density at radius 1 is 0.905 bits per heavy atom. The van der Waals surface area contributed by atoms with E-state index in [0.29, 0.717) is 0 Å². The molecule has 1 saturated carbocycles. The Morgan fingerprint density at radius 2 is 1.62 bits per heavy atom. The maximum atomic E-state index is 4.94. The fourth-order valence-electron chi connectivity index (χ4n) is 3.69. The molecule has 2 aliphatic carbocycles. The van der Waals surface area contributed by atoms with E-state index < -0.39 is 0 Å². The van der Waals surface area contributed by atoms with Gasteiger partial charge in [-0.25, -0.2) is 0 Å². The van der Waals surface area contributed by atoms with E-state index >= 15 is 0 Å². The van der Waals surface area contributed by atoms with Crippen molar-refractivity contribution in [3.63, 3.8) is 0 Å². The SMILES string of the molecule is CCCCCCC1CC2C=CC1C2.[B]=NCCCCCC. The van der Waals surface area contributed by atoms with Crippen molar-refractivity contribution >= 4 is 7.64 Å². The molecule has 0 spiro atoms. The van der Waals surface area contributed by atoms with E-state index in [1.54, 1.807) is 0 Å². The van der Waals surface area contributed by atoms with Gasteiger partial charge in [-0.2, -0.15) is 0 Å². The summed E-state index contributed by atoms with van der Waals surface area (Å²) in [6.45, 7) is 5.32. The second-order valence-corrected chi connectivity index (χ2v) is 6.86. The summed E-state index contributed by atoms with van der Waals surface area (Å²) in [6.07, 6.45) is 20.2. The Morgan fingerprint density at radius 3 is 2.14 bits per heavy atom. The molecule has 3 atom stereocenters. The first kappa shape index (κ1) is 18.7. The van der Waals surface area contributed by atoms with Gasteiger partial charge in [-0.05, 0) is 37.0 Å². The van der Waals surface area contributed by atoms with Gasteiger partial charge < -0.3 is 0 Å². The first-order valence-electron chi connectivity index (χ1n) is 9.36. The van der Waals surface area contributed by atoms with Gasteiger partial charge >= 0.3 is 51.7 Å². The third-order valence-corrected chi connectivity index (χ3v) is 4.99. The average Bonchev–Trinajstić information content (AvgIpc) is 3.12. The molecule has 1 fully saturated rings. The Labute approximate surface area is 134 Å². The third-order valence-electron chi connectivity index (χ3n) is 4.99. The first-order valence-corrected chi connectivity index (χ1v) is 9.36. The average molecular weight is 288 g/mol. The van der Waals surface area contributed by atoms with Gasteiger partial charge in [0.2, 0.25) is 0 Å². The number of hydrogen-bond donors (Lipinski definition) is 0. The number of unbranched alkanes of at least 4 members (excludes halogenated alkanes) is 6. The molecule has 0 saturated heterocycles. The zero-order valence-electron chi connectivity index (χ0n) is 14.4. The summed E-state index contributed by atoms with van der Waals surface area (Å²) in [5, 5.41) is 0. The number of fused-ring (bicyclic) bond motifs is 2. The summed E-state index contributed by atoms with van der Waals surface area (Å²) in [4.78, 5) is 3.51. The molecule has 0 aliphatic heterocycles. The fourth-order valence-corrected chi connectivity index (χ4v) is 3.69. The van der Waals surface area contributed by atoms with Crippen molar-refractivity contribution < 1.29 is 0 Å². The third kappa shape index (κ3) is 7.97. The maximum absolute atomic E-state index is 4.94. The number of nitrogens with zero attached hydrogens (tertiary/aromatic N) is 1. The van der Waals surface area contributed by atoms with Crippen molar-refractivity contribution in [1.82, 2.24) is 0 Å². The zero-order valence-corrected chi connectivity index (χ0v) is 14.4. The Bertz CT molecular complexity index is 287. The molecular formula is C19H35BN. The quantitative estimate of drug-likeness (QED) is 0.262. The molecular weight excluding hydrogens is 253 g/mol. The molecule has 0 N–H and O–H groups in total. The van der Waals surface area contributed by atoms with E-state index in [2.05, 4.69) is 30.9 Å². The molecule has 1 radical (unpaired) electrons. The van der Waals surface area contributed by atoms with Gasteiger partial charge in [0.25, 0.3) is 0 Å². The summed E-state index contributed by atoms with van der Waals surface area (Å²) in [6, 6.07) is 0. The Balaban J connectivity index is 0.000000240. The minimum atomic E-state index is 0.833. The zero-order chi connectivity index (χ0) is 15.3. The van der Waals surface area contributed by atoms with Crippen LogP contribution in [0.5, 0.6) is 0 Å². The standard InChI is InChI=1S/C13H22.C6H13BN/c1-2-3-4-5-6-12-9-11-7-8-13(12)10-11;1-2-3-4-5-6-8-7/h7-8,11-13H,2-6,9-10H2,1H3;2-6H2,1H3. The van der Waals surface area contributed by atoms with Crippen LogP contribution in [0.4, 0.5) is 0 Å². The van der Waals surface area contributed by atoms with E-state index in [-0.39, 0.29) is 0 Å². The molecule has 21 heavy (non-hydrogen) atoms. The molecule has 1 nitrogen and oxygen atoms in total. The van der Waals surface area contributed by atoms with E-state index in [1.807, 2.05) is 0 Å². The van der Waals surface area contributed by atoms with Crippen LogP contribution < -0.4 is 0 Å². The molecule has 0 amide bonds. The van der Waals surface area contributed by atoms with Crippen molar-refractivity contribution in [3.8, 4) is 0 Å². The van der Waals surface area contributed by atoms with E-state index in [1.165, 1.54) is 64.2 Å². The van der Waals surface area contributed by atoms with Crippen LogP contribution >= 0.6 is 0 Å².